The Hall–Kier alpha value is -0.370. The maximum absolute atomic E-state index is 4.10. The summed E-state index contributed by atoms with van der Waals surface area (Å²) in [5.41, 5.74) is 1.88. The van der Waals surface area contributed by atoms with E-state index in [1.54, 1.807) is 0 Å². The molecule has 1 aliphatic rings. The van der Waals surface area contributed by atoms with E-state index in [4.69, 9.17) is 0 Å². The zero-order valence-corrected chi connectivity index (χ0v) is 8.06. The lowest BCUT2D eigenvalue weighted by Crippen LogP contribution is -1.99. The maximum atomic E-state index is 4.10. The second-order valence-electron chi connectivity index (χ2n) is 3.43. The Balaban J connectivity index is 2.38. The largest absolute Gasteiger partial charge is 0.249 e. The monoisotopic (exact) mass is 211 g/mol. The van der Waals surface area contributed by atoms with Crippen LogP contribution in [0.25, 0.3) is 0 Å². The topological polar surface area (TPSA) is 12.9 Å². The van der Waals surface area contributed by atoms with Gasteiger partial charge in [0.2, 0.25) is 0 Å². The summed E-state index contributed by atoms with van der Waals surface area (Å²) in [5.74, 6) is 0. The molecule has 0 aliphatic heterocycles. The average molecular weight is 212 g/mol. The van der Waals surface area contributed by atoms with Crippen molar-refractivity contribution < 1.29 is 0 Å². The third kappa shape index (κ3) is 1.32. The van der Waals surface area contributed by atoms with Gasteiger partial charge in [-0.15, -0.1) is 0 Å². The van der Waals surface area contributed by atoms with E-state index in [9.17, 15) is 0 Å². The van der Waals surface area contributed by atoms with Crippen LogP contribution in [0.15, 0.2) is 22.9 Å². The summed E-state index contributed by atoms with van der Waals surface area (Å²) in [6.45, 7) is 2.30. The van der Waals surface area contributed by atoms with E-state index in [1.165, 1.54) is 18.4 Å². The number of pyridine rings is 1. The number of nitrogens with zero attached hydrogens (tertiary/aromatic N) is 1. The van der Waals surface area contributed by atoms with E-state index in [1.807, 2.05) is 6.20 Å². The summed E-state index contributed by atoms with van der Waals surface area (Å²) in [7, 11) is 0. The average Bonchev–Trinajstić information content (AvgIpc) is 2.70. The molecule has 0 bridgehead atoms. The van der Waals surface area contributed by atoms with E-state index in [2.05, 4.69) is 40.0 Å². The van der Waals surface area contributed by atoms with Crippen molar-refractivity contribution in [2.24, 2.45) is 0 Å². The van der Waals surface area contributed by atoms with Crippen LogP contribution in [0.4, 0.5) is 0 Å². The van der Waals surface area contributed by atoms with Crippen molar-refractivity contribution in [3.63, 3.8) is 0 Å². The standard InChI is InChI=1S/C9H10BrN/c1-9(3-4-9)7-2-5-11-8(10)6-7/h2,5-6H,3-4H2,1H3. The zero-order valence-electron chi connectivity index (χ0n) is 6.47. The summed E-state index contributed by atoms with van der Waals surface area (Å²) in [4.78, 5) is 4.10. The SMILES string of the molecule is CC1(c2ccnc(Br)c2)CC1. The molecule has 0 radical (unpaired) electrons. The van der Waals surface area contributed by atoms with E-state index < -0.39 is 0 Å². The fourth-order valence-electron chi connectivity index (χ4n) is 1.25. The first-order chi connectivity index (χ1) is 5.21. The third-order valence-corrected chi connectivity index (χ3v) is 2.86. The number of aromatic nitrogens is 1. The van der Waals surface area contributed by atoms with Crippen molar-refractivity contribution in [2.75, 3.05) is 0 Å². The normalized spacial score (nSPS) is 19.8. The van der Waals surface area contributed by atoms with Gasteiger partial charge in [0.25, 0.3) is 0 Å². The van der Waals surface area contributed by atoms with Gasteiger partial charge in [0.15, 0.2) is 0 Å². The Bertz CT molecular complexity index is 279. The van der Waals surface area contributed by atoms with Gasteiger partial charge < -0.3 is 0 Å². The maximum Gasteiger partial charge on any atom is 0.106 e. The van der Waals surface area contributed by atoms with Gasteiger partial charge in [-0.1, -0.05) is 6.92 Å². The molecular formula is C9H10BrN. The molecule has 1 fully saturated rings. The minimum Gasteiger partial charge on any atom is -0.249 e. The van der Waals surface area contributed by atoms with Gasteiger partial charge in [-0.3, -0.25) is 0 Å². The summed E-state index contributed by atoms with van der Waals surface area (Å²) in [6, 6.07) is 4.23. The van der Waals surface area contributed by atoms with Gasteiger partial charge in [-0.25, -0.2) is 4.98 Å². The molecule has 0 amide bonds. The van der Waals surface area contributed by atoms with Gasteiger partial charge in [0.05, 0.1) is 0 Å². The molecule has 2 rings (SSSR count). The molecule has 2 heteroatoms. The minimum absolute atomic E-state index is 0.464. The minimum atomic E-state index is 0.464. The second kappa shape index (κ2) is 2.31. The predicted molar refractivity (Wildman–Crippen MR) is 48.5 cm³/mol. The fraction of sp³-hybridized carbons (Fsp3) is 0.444. The highest BCUT2D eigenvalue weighted by molar-refractivity contribution is 9.10. The number of hydrogen-bond acceptors (Lipinski definition) is 1. The quantitative estimate of drug-likeness (QED) is 0.652. The van der Waals surface area contributed by atoms with Gasteiger partial charge in [-0.05, 0) is 51.9 Å². The van der Waals surface area contributed by atoms with Crippen LogP contribution in [0, 0.1) is 0 Å². The Morgan fingerprint density at radius 2 is 2.27 bits per heavy atom. The van der Waals surface area contributed by atoms with Crippen LogP contribution in [-0.2, 0) is 5.41 Å². The van der Waals surface area contributed by atoms with Crippen LogP contribution >= 0.6 is 15.9 Å². The van der Waals surface area contributed by atoms with Gasteiger partial charge in [-0.2, -0.15) is 0 Å². The molecule has 0 N–H and O–H groups in total. The van der Waals surface area contributed by atoms with Crippen LogP contribution in [0.2, 0.25) is 0 Å². The van der Waals surface area contributed by atoms with Crippen molar-refractivity contribution in [1.82, 2.24) is 4.98 Å². The lowest BCUT2D eigenvalue weighted by Gasteiger charge is -2.07. The fourth-order valence-corrected chi connectivity index (χ4v) is 1.62. The van der Waals surface area contributed by atoms with Crippen LogP contribution in [0.3, 0.4) is 0 Å². The molecule has 1 aromatic rings. The molecule has 1 aliphatic carbocycles. The van der Waals surface area contributed by atoms with E-state index in [0.29, 0.717) is 5.41 Å². The molecule has 11 heavy (non-hydrogen) atoms. The first kappa shape index (κ1) is 7.29. The van der Waals surface area contributed by atoms with Crippen molar-refractivity contribution >= 4 is 15.9 Å². The van der Waals surface area contributed by atoms with E-state index in [0.717, 1.165) is 4.60 Å². The molecule has 1 heterocycles. The molecule has 1 aromatic heterocycles. The molecular weight excluding hydrogens is 202 g/mol. The van der Waals surface area contributed by atoms with Crippen LogP contribution in [0.1, 0.15) is 25.3 Å². The molecule has 1 saturated carbocycles. The summed E-state index contributed by atoms with van der Waals surface area (Å²) in [5, 5.41) is 0. The predicted octanol–water partition coefficient (Wildman–Crippen LogP) is 2.90. The Kier molecular flexibility index (Phi) is 1.53. The highest BCUT2D eigenvalue weighted by atomic mass is 79.9. The van der Waals surface area contributed by atoms with E-state index >= 15 is 0 Å². The number of rotatable bonds is 1. The van der Waals surface area contributed by atoms with Crippen molar-refractivity contribution in [1.29, 1.82) is 0 Å². The smallest absolute Gasteiger partial charge is 0.106 e. The zero-order chi connectivity index (χ0) is 7.90. The van der Waals surface area contributed by atoms with Gasteiger partial charge in [0.1, 0.15) is 4.60 Å². The first-order valence-electron chi connectivity index (χ1n) is 3.83. The van der Waals surface area contributed by atoms with E-state index in [-0.39, 0.29) is 0 Å². The highest BCUT2D eigenvalue weighted by Gasteiger charge is 2.38. The molecule has 0 unspecified atom stereocenters. The lowest BCUT2D eigenvalue weighted by atomic mass is 10.0. The molecule has 0 atom stereocenters. The van der Waals surface area contributed by atoms with Gasteiger partial charge >= 0.3 is 0 Å². The summed E-state index contributed by atoms with van der Waals surface area (Å²) >= 11 is 3.37. The first-order valence-corrected chi connectivity index (χ1v) is 4.62. The molecule has 58 valence electrons. The Morgan fingerprint density at radius 3 is 2.82 bits per heavy atom. The Morgan fingerprint density at radius 1 is 1.55 bits per heavy atom. The lowest BCUT2D eigenvalue weighted by molar-refractivity contribution is 0.784. The van der Waals surface area contributed by atoms with Crippen molar-refractivity contribution in [3.8, 4) is 0 Å². The number of halogens is 1. The Labute approximate surface area is 75.0 Å². The molecule has 0 aromatic carbocycles. The third-order valence-electron chi connectivity index (χ3n) is 2.42. The van der Waals surface area contributed by atoms with Gasteiger partial charge in [0, 0.05) is 6.20 Å². The number of hydrogen-bond donors (Lipinski definition) is 0. The second-order valence-corrected chi connectivity index (χ2v) is 4.24. The molecule has 1 nitrogen and oxygen atoms in total. The summed E-state index contributed by atoms with van der Waals surface area (Å²) in [6.07, 6.45) is 4.51. The summed E-state index contributed by atoms with van der Waals surface area (Å²) < 4.78 is 0.947. The van der Waals surface area contributed by atoms with Crippen LogP contribution < -0.4 is 0 Å². The van der Waals surface area contributed by atoms with Crippen molar-refractivity contribution in [2.45, 2.75) is 25.2 Å². The van der Waals surface area contributed by atoms with Crippen LogP contribution in [0.5, 0.6) is 0 Å². The van der Waals surface area contributed by atoms with Crippen molar-refractivity contribution in [3.05, 3.63) is 28.5 Å². The molecule has 0 spiro atoms. The highest BCUT2D eigenvalue weighted by Crippen LogP contribution is 2.47. The molecule has 0 saturated heterocycles. The van der Waals surface area contributed by atoms with Crippen LogP contribution in [-0.4, -0.2) is 4.98 Å².